The smallest absolute Gasteiger partial charge is 0.255 e. The zero-order valence-corrected chi connectivity index (χ0v) is 14.6. The molecule has 0 radical (unpaired) electrons. The molecule has 0 aromatic carbocycles. The first-order valence-electron chi connectivity index (χ1n) is 8.83. The summed E-state index contributed by atoms with van der Waals surface area (Å²) in [6.07, 6.45) is 4.75. The molecule has 1 saturated carbocycles. The van der Waals surface area contributed by atoms with Gasteiger partial charge in [-0.2, -0.15) is 5.10 Å². The molecule has 0 unspecified atom stereocenters. The Morgan fingerprint density at radius 1 is 1.36 bits per heavy atom. The highest BCUT2D eigenvalue weighted by atomic mass is 16.5. The average molecular weight is 341 g/mol. The lowest BCUT2D eigenvalue weighted by atomic mass is 10.00. The minimum absolute atomic E-state index is 0.0147. The number of carbonyl (C=O) groups excluding carboxylic acids is 1. The maximum Gasteiger partial charge on any atom is 0.255 e. The Morgan fingerprint density at radius 2 is 2.20 bits per heavy atom. The fourth-order valence-electron chi connectivity index (χ4n) is 3.51. The van der Waals surface area contributed by atoms with Crippen LogP contribution in [0.25, 0.3) is 0 Å². The molecule has 3 heterocycles. The summed E-state index contributed by atoms with van der Waals surface area (Å²) in [7, 11) is 1.82. The molecule has 7 heteroatoms. The number of ether oxygens (including phenoxy) is 1. The van der Waals surface area contributed by atoms with Crippen LogP contribution in [0.1, 0.15) is 58.7 Å². The van der Waals surface area contributed by atoms with Crippen LogP contribution in [-0.4, -0.2) is 57.3 Å². The number of aryl methyl sites for hydroxylation is 1. The summed E-state index contributed by atoms with van der Waals surface area (Å²) in [5, 5.41) is 6.84. The van der Waals surface area contributed by atoms with Crippen LogP contribution in [0.3, 0.4) is 0 Å². The van der Waals surface area contributed by atoms with Gasteiger partial charge in [0.05, 0.1) is 17.4 Å². The van der Waals surface area contributed by atoms with Crippen molar-refractivity contribution in [2.75, 3.05) is 20.2 Å². The van der Waals surface area contributed by atoms with Gasteiger partial charge in [0.25, 0.3) is 5.91 Å². The number of hydrogen-bond acceptors (Lipinski definition) is 5. The van der Waals surface area contributed by atoms with Gasteiger partial charge < -0.3 is 9.64 Å². The molecule has 2 atom stereocenters. The van der Waals surface area contributed by atoms with Crippen molar-refractivity contribution in [3.05, 3.63) is 41.2 Å². The third-order valence-corrected chi connectivity index (χ3v) is 5.13. The van der Waals surface area contributed by atoms with E-state index in [9.17, 15) is 4.79 Å². The van der Waals surface area contributed by atoms with Gasteiger partial charge in [0, 0.05) is 37.7 Å². The van der Waals surface area contributed by atoms with E-state index in [1.807, 2.05) is 26.1 Å². The van der Waals surface area contributed by atoms with E-state index < -0.39 is 0 Å². The van der Waals surface area contributed by atoms with Gasteiger partial charge in [-0.25, -0.2) is 4.98 Å². The van der Waals surface area contributed by atoms with E-state index in [2.05, 4.69) is 20.2 Å². The molecule has 2 aromatic rings. The largest absolute Gasteiger partial charge is 0.376 e. The molecule has 2 aliphatic rings. The van der Waals surface area contributed by atoms with E-state index >= 15 is 0 Å². The van der Waals surface area contributed by atoms with Crippen LogP contribution in [0, 0.1) is 6.92 Å². The van der Waals surface area contributed by atoms with E-state index in [4.69, 9.17) is 4.74 Å². The maximum atomic E-state index is 12.8. The van der Waals surface area contributed by atoms with Gasteiger partial charge in [-0.15, -0.1) is 0 Å². The Kier molecular flexibility index (Phi) is 4.25. The van der Waals surface area contributed by atoms with Crippen LogP contribution in [0.5, 0.6) is 0 Å². The number of nitrogens with one attached hydrogen (secondary N) is 1. The van der Waals surface area contributed by atoms with Crippen LogP contribution >= 0.6 is 0 Å². The first-order chi connectivity index (χ1) is 12.1. The average Bonchev–Trinajstić information content (AvgIpc) is 3.12. The quantitative estimate of drug-likeness (QED) is 0.899. The lowest BCUT2D eigenvalue weighted by Crippen LogP contribution is -2.36. The van der Waals surface area contributed by atoms with E-state index in [1.165, 1.54) is 19.2 Å². The Hall–Kier alpha value is -2.28. The Balaban J connectivity index is 1.45. The molecule has 132 valence electrons. The standard InChI is InChI=1S/C18H23N5O2/c1-11-13(5-6-15(21-11)12-3-4-12)18(24)23(2)9-16-14(7-8-25-16)17-19-10-20-22-17/h5-6,10,12,14,16H,3-4,7-9H2,1-2H3,(H,19,20,22)/t14-,16-/m1/s1. The molecule has 1 amide bonds. The molecular formula is C18H23N5O2. The van der Waals surface area contributed by atoms with Gasteiger partial charge in [-0.3, -0.25) is 14.9 Å². The topological polar surface area (TPSA) is 84.0 Å². The van der Waals surface area contributed by atoms with Crippen molar-refractivity contribution < 1.29 is 9.53 Å². The molecule has 2 fully saturated rings. The lowest BCUT2D eigenvalue weighted by molar-refractivity contribution is 0.0549. The molecule has 0 spiro atoms. The first kappa shape index (κ1) is 16.2. The van der Waals surface area contributed by atoms with Crippen molar-refractivity contribution in [1.82, 2.24) is 25.1 Å². The summed E-state index contributed by atoms with van der Waals surface area (Å²) in [5.41, 5.74) is 2.59. The number of likely N-dealkylation sites (N-methyl/N-ethyl adjacent to an activating group) is 1. The summed E-state index contributed by atoms with van der Waals surface area (Å²) in [6, 6.07) is 3.91. The van der Waals surface area contributed by atoms with Crippen molar-refractivity contribution in [3.63, 3.8) is 0 Å². The maximum absolute atomic E-state index is 12.8. The molecule has 0 bridgehead atoms. The number of hydrogen-bond donors (Lipinski definition) is 1. The summed E-state index contributed by atoms with van der Waals surface area (Å²) in [6.45, 7) is 3.11. The van der Waals surface area contributed by atoms with Crippen molar-refractivity contribution in [1.29, 1.82) is 0 Å². The number of carbonyl (C=O) groups is 1. The molecule has 1 N–H and O–H groups in total. The normalized spacial score (nSPS) is 23.0. The Morgan fingerprint density at radius 3 is 2.88 bits per heavy atom. The van der Waals surface area contributed by atoms with Crippen LogP contribution in [0.15, 0.2) is 18.5 Å². The summed E-state index contributed by atoms with van der Waals surface area (Å²) in [4.78, 5) is 23.4. The number of nitrogens with zero attached hydrogens (tertiary/aromatic N) is 4. The van der Waals surface area contributed by atoms with Gasteiger partial charge in [0.15, 0.2) is 0 Å². The van der Waals surface area contributed by atoms with E-state index in [1.54, 1.807) is 4.90 Å². The van der Waals surface area contributed by atoms with Crippen LogP contribution in [0.4, 0.5) is 0 Å². The highest BCUT2D eigenvalue weighted by molar-refractivity contribution is 5.95. The monoisotopic (exact) mass is 341 g/mol. The van der Waals surface area contributed by atoms with E-state index in [0.29, 0.717) is 24.6 Å². The first-order valence-corrected chi connectivity index (χ1v) is 8.83. The lowest BCUT2D eigenvalue weighted by Gasteiger charge is -2.24. The number of pyridine rings is 1. The molecule has 1 saturated heterocycles. The zero-order chi connectivity index (χ0) is 17.4. The second-order valence-corrected chi connectivity index (χ2v) is 7.00. The van der Waals surface area contributed by atoms with Crippen LogP contribution < -0.4 is 0 Å². The number of H-pyrrole nitrogens is 1. The summed E-state index contributed by atoms with van der Waals surface area (Å²) in [5.74, 6) is 1.55. The van der Waals surface area contributed by atoms with Crippen molar-refractivity contribution in [3.8, 4) is 0 Å². The third-order valence-electron chi connectivity index (χ3n) is 5.13. The van der Waals surface area contributed by atoms with E-state index in [-0.39, 0.29) is 17.9 Å². The van der Waals surface area contributed by atoms with Gasteiger partial charge in [-0.1, -0.05) is 0 Å². The van der Waals surface area contributed by atoms with E-state index in [0.717, 1.165) is 23.6 Å². The highest BCUT2D eigenvalue weighted by Gasteiger charge is 2.34. The summed E-state index contributed by atoms with van der Waals surface area (Å²) >= 11 is 0. The minimum Gasteiger partial charge on any atom is -0.376 e. The zero-order valence-electron chi connectivity index (χ0n) is 14.6. The molecule has 4 rings (SSSR count). The number of amides is 1. The molecule has 2 aromatic heterocycles. The van der Waals surface area contributed by atoms with Gasteiger partial charge in [0.2, 0.25) is 0 Å². The minimum atomic E-state index is -0.0686. The highest BCUT2D eigenvalue weighted by Crippen LogP contribution is 2.39. The predicted molar refractivity (Wildman–Crippen MR) is 91.4 cm³/mol. The SMILES string of the molecule is Cc1nc(C2CC2)ccc1C(=O)N(C)C[C@H]1OCC[C@H]1c1ncn[nH]1. The fourth-order valence-corrected chi connectivity index (χ4v) is 3.51. The molecule has 7 nitrogen and oxygen atoms in total. The summed E-state index contributed by atoms with van der Waals surface area (Å²) < 4.78 is 5.84. The second kappa shape index (κ2) is 6.55. The Bertz CT molecular complexity index is 757. The Labute approximate surface area is 146 Å². The van der Waals surface area contributed by atoms with Gasteiger partial charge in [-0.05, 0) is 38.3 Å². The number of aromatic nitrogens is 4. The van der Waals surface area contributed by atoms with Gasteiger partial charge >= 0.3 is 0 Å². The molecule has 25 heavy (non-hydrogen) atoms. The fraction of sp³-hybridized carbons (Fsp3) is 0.556. The predicted octanol–water partition coefficient (Wildman–Crippen LogP) is 2.03. The van der Waals surface area contributed by atoms with Crippen LogP contribution in [0.2, 0.25) is 0 Å². The van der Waals surface area contributed by atoms with Crippen molar-refractivity contribution >= 4 is 5.91 Å². The molecule has 1 aliphatic carbocycles. The number of aromatic amines is 1. The van der Waals surface area contributed by atoms with Crippen molar-refractivity contribution in [2.45, 2.75) is 44.1 Å². The van der Waals surface area contributed by atoms with Gasteiger partial charge in [0.1, 0.15) is 12.2 Å². The molecular weight excluding hydrogens is 318 g/mol. The van der Waals surface area contributed by atoms with Crippen LogP contribution in [-0.2, 0) is 4.74 Å². The third kappa shape index (κ3) is 3.28. The number of rotatable bonds is 5. The second-order valence-electron chi connectivity index (χ2n) is 7.00. The molecule has 1 aliphatic heterocycles. The van der Waals surface area contributed by atoms with Crippen molar-refractivity contribution in [2.24, 2.45) is 0 Å².